The van der Waals surface area contributed by atoms with E-state index in [1.165, 1.54) is 11.0 Å². The predicted molar refractivity (Wildman–Crippen MR) is 158 cm³/mol. The van der Waals surface area contributed by atoms with Gasteiger partial charge in [0.15, 0.2) is 8.32 Å². The number of hydrogen-bond acceptors (Lipinski definition) is 5. The third-order valence-corrected chi connectivity index (χ3v) is 13.1. The van der Waals surface area contributed by atoms with Gasteiger partial charge in [-0.05, 0) is 60.9 Å². The molecule has 1 aliphatic heterocycles. The van der Waals surface area contributed by atoms with Crippen LogP contribution in [0.3, 0.4) is 0 Å². The molecule has 2 heterocycles. The molecule has 0 spiro atoms. The predicted octanol–water partition coefficient (Wildman–Crippen LogP) is 7.45. The average Bonchev–Trinajstić information content (AvgIpc) is 3.07. The lowest BCUT2D eigenvalue weighted by atomic mass is 10.1. The Labute approximate surface area is 244 Å². The van der Waals surface area contributed by atoms with Crippen LogP contribution in [0.1, 0.15) is 52.0 Å². The Morgan fingerprint density at radius 1 is 1.21 bits per heavy atom. The summed E-state index contributed by atoms with van der Waals surface area (Å²) < 4.78 is 14.2. The number of halogens is 3. The Bertz CT molecular complexity index is 1310. The number of nitrogens with zero attached hydrogens (tertiary/aromatic N) is 4. The molecule has 0 N–H and O–H groups in total. The third kappa shape index (κ3) is 6.02. The van der Waals surface area contributed by atoms with Gasteiger partial charge in [0.05, 0.1) is 38.4 Å². The number of hydrogen-bond donors (Lipinski definition) is 0. The van der Waals surface area contributed by atoms with E-state index in [1.807, 2.05) is 10.6 Å². The normalized spacial score (nSPS) is 14.5. The van der Waals surface area contributed by atoms with Gasteiger partial charge >= 0.3 is 6.09 Å². The van der Waals surface area contributed by atoms with Crippen molar-refractivity contribution in [1.82, 2.24) is 9.47 Å². The summed E-state index contributed by atoms with van der Waals surface area (Å²) in [6.07, 6.45) is -0.703. The van der Waals surface area contributed by atoms with E-state index < -0.39 is 20.0 Å². The maximum Gasteiger partial charge on any atom is 0.415 e. The van der Waals surface area contributed by atoms with Crippen LogP contribution in [0.5, 0.6) is 0 Å². The molecule has 8 nitrogen and oxygen atoms in total. The summed E-state index contributed by atoms with van der Waals surface area (Å²) >= 11 is 16.8. The maximum absolute atomic E-state index is 13.7. The summed E-state index contributed by atoms with van der Waals surface area (Å²) in [5.74, 6) is -0.180. The smallest absolute Gasteiger partial charge is 0.415 e. The van der Waals surface area contributed by atoms with E-state index >= 15 is 0 Å². The largest absolute Gasteiger partial charge is 0.443 e. The molecule has 0 unspecified atom stereocenters. The van der Waals surface area contributed by atoms with E-state index in [0.29, 0.717) is 53.0 Å². The van der Waals surface area contributed by atoms with E-state index in [2.05, 4.69) is 49.8 Å². The lowest BCUT2D eigenvalue weighted by Gasteiger charge is -2.37. The molecular formula is C26H35BrCl2N4O4Si. The van der Waals surface area contributed by atoms with Gasteiger partial charge in [0.25, 0.3) is 5.91 Å². The Kier molecular flexibility index (Phi) is 8.91. The van der Waals surface area contributed by atoms with Crippen LogP contribution in [0.15, 0.2) is 10.5 Å². The number of rotatable bonds is 6. The molecule has 1 aromatic heterocycles. The summed E-state index contributed by atoms with van der Waals surface area (Å²) in [5.41, 5.74) is 0.484. The van der Waals surface area contributed by atoms with Gasteiger partial charge < -0.3 is 18.6 Å². The Hall–Kier alpha value is -1.77. The fraction of sp³-hybridized carbons (Fsp3) is 0.577. The van der Waals surface area contributed by atoms with E-state index in [1.54, 1.807) is 25.7 Å². The highest BCUT2D eigenvalue weighted by molar-refractivity contribution is 9.10. The molecule has 3 rings (SSSR count). The van der Waals surface area contributed by atoms with Crippen LogP contribution >= 0.6 is 39.1 Å². The number of carbonyl (C=O) groups excluding carboxylic acids is 2. The van der Waals surface area contributed by atoms with Crippen LogP contribution in [0.2, 0.25) is 28.2 Å². The van der Waals surface area contributed by atoms with E-state index in [0.717, 1.165) is 0 Å². The second-order valence-corrected chi connectivity index (χ2v) is 18.2. The highest BCUT2D eigenvalue weighted by atomic mass is 79.9. The van der Waals surface area contributed by atoms with Gasteiger partial charge in [-0.3, -0.25) is 9.69 Å². The molecule has 208 valence electrons. The van der Waals surface area contributed by atoms with Crippen molar-refractivity contribution in [2.24, 2.45) is 0 Å². The van der Waals surface area contributed by atoms with Crippen LogP contribution in [-0.4, -0.2) is 61.6 Å². The summed E-state index contributed by atoms with van der Waals surface area (Å²) in [6, 6.07) is 3.54. The minimum atomic E-state index is -1.95. The lowest BCUT2D eigenvalue weighted by Crippen LogP contribution is -2.45. The van der Waals surface area contributed by atoms with Gasteiger partial charge in [-0.15, -0.1) is 0 Å². The van der Waals surface area contributed by atoms with Crippen molar-refractivity contribution in [2.45, 2.75) is 71.8 Å². The second-order valence-electron chi connectivity index (χ2n) is 11.9. The molecule has 0 radical (unpaired) electrons. The highest BCUT2D eigenvalue weighted by Gasteiger charge is 2.38. The number of anilines is 1. The van der Waals surface area contributed by atoms with Gasteiger partial charge in [0.2, 0.25) is 0 Å². The van der Waals surface area contributed by atoms with Crippen molar-refractivity contribution >= 4 is 76.0 Å². The highest BCUT2D eigenvalue weighted by Crippen LogP contribution is 2.46. The van der Waals surface area contributed by atoms with Gasteiger partial charge in [0.1, 0.15) is 17.8 Å². The van der Waals surface area contributed by atoms with Gasteiger partial charge in [-0.1, -0.05) is 44.0 Å². The molecule has 2 aromatic rings. The molecular weight excluding hydrogens is 611 g/mol. The van der Waals surface area contributed by atoms with Gasteiger partial charge in [-0.2, -0.15) is 5.26 Å². The molecule has 0 fully saturated rings. The first kappa shape index (κ1) is 30.8. The van der Waals surface area contributed by atoms with Crippen LogP contribution in [0, 0.1) is 11.3 Å². The number of fused-ring (bicyclic) bond motifs is 3. The minimum Gasteiger partial charge on any atom is -0.443 e. The molecule has 1 aromatic carbocycles. The Balaban J connectivity index is 2.05. The van der Waals surface area contributed by atoms with Crippen molar-refractivity contribution in [2.75, 3.05) is 31.1 Å². The van der Waals surface area contributed by atoms with Crippen molar-refractivity contribution in [3.63, 3.8) is 0 Å². The van der Waals surface area contributed by atoms with E-state index in [-0.39, 0.29) is 27.5 Å². The number of carbonyl (C=O) groups is 2. The average molecular weight is 646 g/mol. The minimum absolute atomic E-state index is 0.0736. The molecule has 0 aliphatic carbocycles. The summed E-state index contributed by atoms with van der Waals surface area (Å²) in [6.45, 7) is 17.7. The summed E-state index contributed by atoms with van der Waals surface area (Å²) in [4.78, 5) is 29.8. The molecule has 1 aliphatic rings. The monoisotopic (exact) mass is 644 g/mol. The zero-order valence-corrected chi connectivity index (χ0v) is 27.3. The van der Waals surface area contributed by atoms with Gasteiger partial charge in [-0.25, -0.2) is 4.79 Å². The Morgan fingerprint density at radius 2 is 1.84 bits per heavy atom. The quantitative estimate of drug-likeness (QED) is 0.240. The number of nitriles is 1. The standard InChI is InChI=1S/C26H35BrCl2N4O4Si/c1-25(2,3)37-24(35)32(10-9-30)17-15-16(28)20(29)21-18(17)19(27)22-23(34)31(11-12-33(21)22)13-14-36-38(7,8)26(4,5)6/h15H,10-14H2,1-8H3. The SMILES string of the molecule is CC(C)(C)OC(=O)N(CC#N)c1cc(Cl)c(Cl)c2c1c(Br)c1n2CCN(CCO[Si](C)(C)C(C)(C)C)C1=O. The van der Waals surface area contributed by atoms with Gasteiger partial charge in [0, 0.05) is 25.0 Å². The van der Waals surface area contributed by atoms with Crippen molar-refractivity contribution in [3.05, 3.63) is 26.3 Å². The number of benzene rings is 1. The van der Waals surface area contributed by atoms with Crippen LogP contribution in [0.25, 0.3) is 10.9 Å². The molecule has 0 atom stereocenters. The van der Waals surface area contributed by atoms with Crippen LogP contribution in [-0.2, 0) is 15.7 Å². The first-order chi connectivity index (χ1) is 17.4. The zero-order chi connectivity index (χ0) is 28.8. The fourth-order valence-corrected chi connectivity index (χ4v) is 6.27. The van der Waals surface area contributed by atoms with Crippen LogP contribution in [0.4, 0.5) is 10.5 Å². The third-order valence-electron chi connectivity index (χ3n) is 6.99. The molecule has 0 bridgehead atoms. The lowest BCUT2D eigenvalue weighted by molar-refractivity contribution is 0.0584. The maximum atomic E-state index is 13.7. The zero-order valence-electron chi connectivity index (χ0n) is 23.2. The molecule has 0 saturated heterocycles. The fourth-order valence-electron chi connectivity index (χ4n) is 4.01. The summed E-state index contributed by atoms with van der Waals surface area (Å²) in [5, 5.41) is 10.5. The molecule has 0 saturated carbocycles. The summed E-state index contributed by atoms with van der Waals surface area (Å²) in [7, 11) is -1.95. The topological polar surface area (TPSA) is 87.8 Å². The first-order valence-corrected chi connectivity index (χ1v) is 16.9. The number of ether oxygens (including phenoxy) is 1. The molecule has 12 heteroatoms. The molecule has 38 heavy (non-hydrogen) atoms. The molecule has 2 amide bonds. The number of amides is 2. The van der Waals surface area contributed by atoms with Crippen molar-refractivity contribution in [3.8, 4) is 6.07 Å². The van der Waals surface area contributed by atoms with Crippen molar-refractivity contribution < 1.29 is 18.8 Å². The van der Waals surface area contributed by atoms with Crippen LogP contribution < -0.4 is 4.90 Å². The number of aromatic nitrogens is 1. The van der Waals surface area contributed by atoms with E-state index in [4.69, 9.17) is 32.4 Å². The van der Waals surface area contributed by atoms with Crippen molar-refractivity contribution in [1.29, 1.82) is 5.26 Å². The first-order valence-electron chi connectivity index (χ1n) is 12.4. The van der Waals surface area contributed by atoms with E-state index in [9.17, 15) is 14.9 Å². The second kappa shape index (κ2) is 11.0. The Morgan fingerprint density at radius 3 is 2.39 bits per heavy atom.